The third-order valence-electron chi connectivity index (χ3n) is 4.37. The van der Waals surface area contributed by atoms with Crippen LogP contribution in [0.1, 0.15) is 39.0 Å². The summed E-state index contributed by atoms with van der Waals surface area (Å²) in [4.78, 5) is 29.2. The molecule has 1 aliphatic rings. The molecule has 0 bridgehead atoms. The first-order valence-electron chi connectivity index (χ1n) is 8.87. The van der Waals surface area contributed by atoms with E-state index in [1.165, 1.54) is 18.2 Å². The zero-order valence-corrected chi connectivity index (χ0v) is 15.3. The lowest BCUT2D eigenvalue weighted by Crippen LogP contribution is -2.39. The number of aromatic nitrogens is 2. The molecule has 2 aromatic rings. The fourth-order valence-electron chi connectivity index (χ4n) is 3.16. The van der Waals surface area contributed by atoms with Crippen molar-refractivity contribution in [1.29, 1.82) is 0 Å². The Balaban J connectivity index is 1.82. The number of fused-ring (bicyclic) bond motifs is 1. The highest BCUT2D eigenvalue weighted by Crippen LogP contribution is 2.24. The van der Waals surface area contributed by atoms with E-state index in [-0.39, 0.29) is 23.7 Å². The largest absolute Gasteiger partial charge is 0.356 e. The lowest BCUT2D eigenvalue weighted by atomic mass is 9.96. The average Bonchev–Trinajstić information content (AvgIpc) is 2.99. The number of nitrogens with zero attached hydrogens (tertiary/aromatic N) is 2. The number of carbonyl (C=O) groups is 2. The first kappa shape index (κ1) is 17.8. The number of para-hydroxylation sites is 2. The van der Waals surface area contributed by atoms with Crippen molar-refractivity contribution < 1.29 is 9.59 Å². The normalized spacial score (nSPS) is 15.2. The topological polar surface area (TPSA) is 76.0 Å². The van der Waals surface area contributed by atoms with Gasteiger partial charge in [0.15, 0.2) is 5.16 Å². The highest BCUT2D eigenvalue weighted by atomic mass is 32.2. The maximum Gasteiger partial charge on any atom is 0.328 e. The molecule has 0 saturated heterocycles. The molecule has 1 heterocycles. The van der Waals surface area contributed by atoms with Crippen LogP contribution in [0.15, 0.2) is 29.4 Å². The third-order valence-corrected chi connectivity index (χ3v) is 5.31. The summed E-state index contributed by atoms with van der Waals surface area (Å²) in [6, 6.07) is 7.64. The van der Waals surface area contributed by atoms with Gasteiger partial charge in [0.25, 0.3) is 0 Å². The molecular formula is C18H24N4O2S. The van der Waals surface area contributed by atoms with Gasteiger partial charge in [-0.2, -0.15) is 0 Å². The fourth-order valence-corrected chi connectivity index (χ4v) is 4.00. The van der Waals surface area contributed by atoms with Gasteiger partial charge in [-0.3, -0.25) is 4.79 Å². The standard InChI is InChI=1S/C18H24N4O2S/c1-2-19-16(23)12-25-18-21-14-10-6-7-11-15(14)22(18)17(24)20-13-8-4-3-5-9-13/h6-7,10-11,13H,2-5,8-9,12H2,1H3,(H,19,23)(H,20,24). The molecule has 1 fully saturated rings. The van der Waals surface area contributed by atoms with E-state index in [9.17, 15) is 9.59 Å². The van der Waals surface area contributed by atoms with E-state index in [2.05, 4.69) is 15.6 Å². The number of amides is 2. The van der Waals surface area contributed by atoms with Crippen LogP contribution in [0, 0.1) is 0 Å². The summed E-state index contributed by atoms with van der Waals surface area (Å²) in [5, 5.41) is 6.46. The summed E-state index contributed by atoms with van der Waals surface area (Å²) in [5.74, 6) is 0.187. The number of imidazole rings is 1. The molecule has 0 unspecified atom stereocenters. The van der Waals surface area contributed by atoms with E-state index in [0.29, 0.717) is 11.7 Å². The summed E-state index contributed by atoms with van der Waals surface area (Å²) in [5.41, 5.74) is 1.54. The van der Waals surface area contributed by atoms with Crippen LogP contribution in [0.4, 0.5) is 4.79 Å². The summed E-state index contributed by atoms with van der Waals surface area (Å²) in [7, 11) is 0. The minimum absolute atomic E-state index is 0.0567. The Labute approximate surface area is 151 Å². The predicted octanol–water partition coefficient (Wildman–Crippen LogP) is 3.15. The lowest BCUT2D eigenvalue weighted by Gasteiger charge is -2.23. The predicted molar refractivity (Wildman–Crippen MR) is 99.9 cm³/mol. The number of hydrogen-bond acceptors (Lipinski definition) is 4. The zero-order valence-electron chi connectivity index (χ0n) is 14.5. The molecule has 3 rings (SSSR count). The summed E-state index contributed by atoms with van der Waals surface area (Å²) in [6.45, 7) is 2.48. The maximum absolute atomic E-state index is 12.9. The summed E-state index contributed by atoms with van der Waals surface area (Å²) >= 11 is 1.29. The molecule has 1 aromatic carbocycles. The van der Waals surface area contributed by atoms with Crippen molar-refractivity contribution in [2.24, 2.45) is 0 Å². The number of carbonyl (C=O) groups excluding carboxylic acids is 2. The minimum Gasteiger partial charge on any atom is -0.356 e. The highest BCUT2D eigenvalue weighted by molar-refractivity contribution is 7.99. The van der Waals surface area contributed by atoms with Crippen molar-refractivity contribution in [3.8, 4) is 0 Å². The number of thioether (sulfide) groups is 1. The van der Waals surface area contributed by atoms with Gasteiger partial charge in [0.05, 0.1) is 16.8 Å². The molecule has 0 aliphatic heterocycles. The van der Waals surface area contributed by atoms with Crippen molar-refractivity contribution in [2.45, 2.75) is 50.2 Å². The van der Waals surface area contributed by atoms with Crippen LogP contribution in [0.5, 0.6) is 0 Å². The molecule has 1 aliphatic carbocycles. The highest BCUT2D eigenvalue weighted by Gasteiger charge is 2.21. The SMILES string of the molecule is CCNC(=O)CSc1nc2ccccc2n1C(=O)NC1CCCCC1. The van der Waals surface area contributed by atoms with Gasteiger partial charge in [0.2, 0.25) is 5.91 Å². The molecule has 0 radical (unpaired) electrons. The maximum atomic E-state index is 12.9. The molecule has 1 aromatic heterocycles. The molecule has 6 nitrogen and oxygen atoms in total. The van der Waals surface area contributed by atoms with E-state index in [1.807, 2.05) is 31.2 Å². The average molecular weight is 360 g/mol. The molecule has 7 heteroatoms. The number of rotatable bonds is 5. The van der Waals surface area contributed by atoms with Crippen molar-refractivity contribution in [3.63, 3.8) is 0 Å². The van der Waals surface area contributed by atoms with Crippen LogP contribution < -0.4 is 10.6 Å². The molecule has 25 heavy (non-hydrogen) atoms. The smallest absolute Gasteiger partial charge is 0.328 e. The number of nitrogens with one attached hydrogen (secondary N) is 2. The Bertz CT molecular complexity index is 753. The Morgan fingerprint density at radius 2 is 2.00 bits per heavy atom. The van der Waals surface area contributed by atoms with Crippen molar-refractivity contribution >= 4 is 34.7 Å². The minimum atomic E-state index is -0.154. The van der Waals surface area contributed by atoms with Gasteiger partial charge >= 0.3 is 6.03 Å². The van der Waals surface area contributed by atoms with Gasteiger partial charge < -0.3 is 10.6 Å². The summed E-state index contributed by atoms with van der Waals surface area (Å²) in [6.07, 6.45) is 5.62. The molecule has 0 atom stereocenters. The molecular weight excluding hydrogens is 336 g/mol. The first-order chi connectivity index (χ1) is 12.2. The number of hydrogen-bond donors (Lipinski definition) is 2. The second kappa shape index (κ2) is 8.38. The Kier molecular flexibility index (Phi) is 5.96. The Morgan fingerprint density at radius 1 is 1.24 bits per heavy atom. The molecule has 2 N–H and O–H groups in total. The Hall–Kier alpha value is -2.02. The molecule has 134 valence electrons. The van der Waals surface area contributed by atoms with Crippen LogP contribution >= 0.6 is 11.8 Å². The summed E-state index contributed by atoms with van der Waals surface area (Å²) < 4.78 is 1.60. The van der Waals surface area contributed by atoms with Gasteiger partial charge in [-0.15, -0.1) is 0 Å². The Morgan fingerprint density at radius 3 is 2.76 bits per heavy atom. The van der Waals surface area contributed by atoms with Crippen LogP contribution in [0.2, 0.25) is 0 Å². The zero-order chi connectivity index (χ0) is 17.6. The molecule has 2 amide bonds. The van der Waals surface area contributed by atoms with Crippen LogP contribution in [-0.2, 0) is 4.79 Å². The van der Waals surface area contributed by atoms with Crippen LogP contribution in [0.25, 0.3) is 11.0 Å². The van der Waals surface area contributed by atoms with E-state index >= 15 is 0 Å². The van der Waals surface area contributed by atoms with E-state index < -0.39 is 0 Å². The van der Waals surface area contributed by atoms with E-state index in [4.69, 9.17) is 0 Å². The van der Waals surface area contributed by atoms with Gasteiger partial charge in [0, 0.05) is 12.6 Å². The van der Waals surface area contributed by atoms with Gasteiger partial charge in [-0.05, 0) is 31.9 Å². The van der Waals surface area contributed by atoms with Crippen molar-refractivity contribution in [2.75, 3.05) is 12.3 Å². The van der Waals surface area contributed by atoms with Crippen LogP contribution in [0.3, 0.4) is 0 Å². The number of benzene rings is 1. The lowest BCUT2D eigenvalue weighted by molar-refractivity contribution is -0.118. The van der Waals surface area contributed by atoms with Crippen molar-refractivity contribution in [1.82, 2.24) is 20.2 Å². The quantitative estimate of drug-likeness (QED) is 0.803. The van der Waals surface area contributed by atoms with Gasteiger partial charge in [0.1, 0.15) is 0 Å². The molecule has 0 spiro atoms. The second-order valence-corrected chi connectivity index (χ2v) is 7.19. The fraction of sp³-hybridized carbons (Fsp3) is 0.500. The van der Waals surface area contributed by atoms with Gasteiger partial charge in [-0.1, -0.05) is 43.2 Å². The third kappa shape index (κ3) is 4.34. The van der Waals surface area contributed by atoms with Crippen molar-refractivity contribution in [3.05, 3.63) is 24.3 Å². The first-order valence-corrected chi connectivity index (χ1v) is 9.85. The van der Waals surface area contributed by atoms with Gasteiger partial charge in [-0.25, -0.2) is 14.3 Å². The monoisotopic (exact) mass is 360 g/mol. The van der Waals surface area contributed by atoms with E-state index in [0.717, 1.165) is 36.7 Å². The second-order valence-electron chi connectivity index (χ2n) is 6.25. The molecule has 1 saturated carbocycles. The van der Waals surface area contributed by atoms with E-state index in [1.54, 1.807) is 4.57 Å². The van der Waals surface area contributed by atoms with Crippen LogP contribution in [-0.4, -0.2) is 39.8 Å².